The maximum atomic E-state index is 13.2. The van der Waals surface area contributed by atoms with Crippen LogP contribution in [0.2, 0.25) is 0 Å². The van der Waals surface area contributed by atoms with Gasteiger partial charge in [0.15, 0.2) is 5.76 Å². The Morgan fingerprint density at radius 3 is 2.59 bits per heavy atom. The standard InChI is InChI=1S/C21H27FN2O3/c1-15(2)19-13-24(21(26)20-9-8-18(14-25)27-20)11-3-10-23(19)12-16-4-6-17(22)7-5-16/h4-9,15,19,25H,3,10-14H2,1-2H3/t19-/m0/s1. The summed E-state index contributed by atoms with van der Waals surface area (Å²) in [5.41, 5.74) is 1.07. The van der Waals surface area contributed by atoms with E-state index in [9.17, 15) is 9.18 Å². The van der Waals surface area contributed by atoms with E-state index in [0.29, 0.717) is 24.8 Å². The summed E-state index contributed by atoms with van der Waals surface area (Å²) >= 11 is 0. The van der Waals surface area contributed by atoms with Crippen molar-refractivity contribution in [3.63, 3.8) is 0 Å². The molecule has 1 saturated heterocycles. The van der Waals surface area contributed by atoms with Crippen LogP contribution in [0, 0.1) is 11.7 Å². The van der Waals surface area contributed by atoms with Crippen LogP contribution < -0.4 is 0 Å². The maximum Gasteiger partial charge on any atom is 0.289 e. The van der Waals surface area contributed by atoms with Crippen LogP contribution in [0.15, 0.2) is 40.8 Å². The highest BCUT2D eigenvalue weighted by molar-refractivity contribution is 5.91. The zero-order chi connectivity index (χ0) is 19.4. The Bertz CT molecular complexity index is 757. The lowest BCUT2D eigenvalue weighted by molar-refractivity contribution is 0.0667. The fourth-order valence-electron chi connectivity index (χ4n) is 3.63. The molecule has 27 heavy (non-hydrogen) atoms. The van der Waals surface area contributed by atoms with E-state index in [2.05, 4.69) is 18.7 Å². The molecule has 146 valence electrons. The number of carbonyl (C=O) groups is 1. The summed E-state index contributed by atoms with van der Waals surface area (Å²) in [5, 5.41) is 9.15. The highest BCUT2D eigenvalue weighted by Crippen LogP contribution is 2.22. The molecule has 1 aliphatic rings. The number of hydrogen-bond acceptors (Lipinski definition) is 4. The van der Waals surface area contributed by atoms with Crippen molar-refractivity contribution in [2.75, 3.05) is 19.6 Å². The topological polar surface area (TPSA) is 56.9 Å². The van der Waals surface area contributed by atoms with Gasteiger partial charge in [-0.25, -0.2) is 4.39 Å². The van der Waals surface area contributed by atoms with Crippen molar-refractivity contribution in [1.29, 1.82) is 0 Å². The molecule has 1 aromatic carbocycles. The molecule has 1 N–H and O–H groups in total. The lowest BCUT2D eigenvalue weighted by atomic mass is 10.0. The van der Waals surface area contributed by atoms with Crippen LogP contribution >= 0.6 is 0 Å². The van der Waals surface area contributed by atoms with Gasteiger partial charge in [-0.1, -0.05) is 26.0 Å². The molecule has 1 atom stereocenters. The fraction of sp³-hybridized carbons (Fsp3) is 0.476. The van der Waals surface area contributed by atoms with Crippen LogP contribution in [0.4, 0.5) is 4.39 Å². The van der Waals surface area contributed by atoms with E-state index < -0.39 is 0 Å². The molecule has 0 aliphatic carbocycles. The van der Waals surface area contributed by atoms with E-state index in [1.165, 1.54) is 12.1 Å². The first-order valence-electron chi connectivity index (χ1n) is 9.45. The second-order valence-electron chi connectivity index (χ2n) is 7.44. The monoisotopic (exact) mass is 374 g/mol. The van der Waals surface area contributed by atoms with Gasteiger partial charge in [0.25, 0.3) is 5.91 Å². The van der Waals surface area contributed by atoms with Gasteiger partial charge in [0.2, 0.25) is 0 Å². The summed E-state index contributed by atoms with van der Waals surface area (Å²) in [5.74, 6) is 0.667. The molecule has 2 aromatic rings. The molecule has 0 radical (unpaired) electrons. The minimum atomic E-state index is -0.229. The third-order valence-corrected chi connectivity index (χ3v) is 5.13. The molecule has 5 nitrogen and oxygen atoms in total. The van der Waals surface area contributed by atoms with Gasteiger partial charge in [-0.3, -0.25) is 9.69 Å². The van der Waals surface area contributed by atoms with Crippen molar-refractivity contribution in [2.24, 2.45) is 5.92 Å². The van der Waals surface area contributed by atoms with Crippen LogP contribution in [-0.2, 0) is 13.2 Å². The molecule has 3 rings (SSSR count). The van der Waals surface area contributed by atoms with E-state index >= 15 is 0 Å². The number of aliphatic hydroxyl groups is 1. The summed E-state index contributed by atoms with van der Waals surface area (Å²) in [7, 11) is 0. The van der Waals surface area contributed by atoms with Gasteiger partial charge < -0.3 is 14.4 Å². The highest BCUT2D eigenvalue weighted by atomic mass is 19.1. The molecule has 0 bridgehead atoms. The highest BCUT2D eigenvalue weighted by Gasteiger charge is 2.30. The fourth-order valence-corrected chi connectivity index (χ4v) is 3.63. The minimum absolute atomic E-state index is 0.135. The molecule has 1 aromatic heterocycles. The van der Waals surface area contributed by atoms with Gasteiger partial charge in [-0.15, -0.1) is 0 Å². The van der Waals surface area contributed by atoms with E-state index in [-0.39, 0.29) is 30.1 Å². The van der Waals surface area contributed by atoms with Crippen molar-refractivity contribution in [3.05, 3.63) is 59.3 Å². The zero-order valence-electron chi connectivity index (χ0n) is 15.9. The molecule has 6 heteroatoms. The van der Waals surface area contributed by atoms with E-state index in [0.717, 1.165) is 25.1 Å². The van der Waals surface area contributed by atoms with Crippen LogP contribution in [0.3, 0.4) is 0 Å². The number of hydrogen-bond donors (Lipinski definition) is 1. The lowest BCUT2D eigenvalue weighted by Crippen LogP contribution is -2.45. The first kappa shape index (κ1) is 19.6. The van der Waals surface area contributed by atoms with Crippen molar-refractivity contribution < 1.29 is 18.7 Å². The summed E-state index contributed by atoms with van der Waals surface area (Å²) in [6.45, 7) is 7.00. The van der Waals surface area contributed by atoms with Crippen LogP contribution in [-0.4, -0.2) is 46.5 Å². The Kier molecular flexibility index (Phi) is 6.29. The predicted octanol–water partition coefficient (Wildman–Crippen LogP) is 3.28. The number of rotatable bonds is 5. The number of carbonyl (C=O) groups excluding carboxylic acids is 1. The maximum absolute atomic E-state index is 13.2. The van der Waals surface area contributed by atoms with Gasteiger partial charge in [0.1, 0.15) is 18.2 Å². The van der Waals surface area contributed by atoms with Crippen LogP contribution in [0.5, 0.6) is 0 Å². The number of benzene rings is 1. The van der Waals surface area contributed by atoms with Crippen molar-refractivity contribution in [2.45, 2.75) is 39.5 Å². The van der Waals surface area contributed by atoms with Crippen molar-refractivity contribution >= 4 is 5.91 Å². The molecule has 0 spiro atoms. The smallest absolute Gasteiger partial charge is 0.289 e. The molecule has 1 amide bonds. The molecule has 1 fully saturated rings. The SMILES string of the molecule is CC(C)[C@@H]1CN(C(=O)c2ccc(CO)o2)CCCN1Cc1ccc(F)cc1. The predicted molar refractivity (Wildman–Crippen MR) is 101 cm³/mol. The lowest BCUT2D eigenvalue weighted by Gasteiger charge is -2.34. The first-order valence-corrected chi connectivity index (χ1v) is 9.45. The van der Waals surface area contributed by atoms with Gasteiger partial charge >= 0.3 is 0 Å². The van der Waals surface area contributed by atoms with Crippen LogP contribution in [0.1, 0.15) is 42.1 Å². The van der Waals surface area contributed by atoms with Gasteiger partial charge in [-0.2, -0.15) is 0 Å². The van der Waals surface area contributed by atoms with Gasteiger partial charge in [0.05, 0.1) is 0 Å². The summed E-state index contributed by atoms with van der Waals surface area (Å²) in [4.78, 5) is 17.1. The molecule has 2 heterocycles. The third-order valence-electron chi connectivity index (χ3n) is 5.13. The summed E-state index contributed by atoms with van der Waals surface area (Å²) in [6.07, 6.45) is 0.865. The number of amides is 1. The number of furan rings is 1. The first-order chi connectivity index (χ1) is 13.0. The third kappa shape index (κ3) is 4.76. The molecular weight excluding hydrogens is 347 g/mol. The van der Waals surface area contributed by atoms with Crippen molar-refractivity contribution in [3.8, 4) is 0 Å². The Labute approximate surface area is 159 Å². The Balaban J connectivity index is 1.74. The van der Waals surface area contributed by atoms with E-state index in [1.54, 1.807) is 12.1 Å². The molecule has 0 unspecified atom stereocenters. The van der Waals surface area contributed by atoms with E-state index in [1.807, 2.05) is 17.0 Å². The average Bonchev–Trinajstić information content (AvgIpc) is 3.04. The van der Waals surface area contributed by atoms with Gasteiger partial charge in [0, 0.05) is 32.2 Å². The second kappa shape index (κ2) is 8.67. The van der Waals surface area contributed by atoms with Gasteiger partial charge in [-0.05, 0) is 42.2 Å². The summed E-state index contributed by atoms with van der Waals surface area (Å²) < 4.78 is 18.6. The normalized spacial score (nSPS) is 18.7. The van der Waals surface area contributed by atoms with E-state index in [4.69, 9.17) is 9.52 Å². The number of halogens is 1. The number of aliphatic hydroxyl groups excluding tert-OH is 1. The average molecular weight is 374 g/mol. The minimum Gasteiger partial charge on any atom is -0.453 e. The van der Waals surface area contributed by atoms with Crippen molar-refractivity contribution in [1.82, 2.24) is 9.80 Å². The Morgan fingerprint density at radius 1 is 1.22 bits per heavy atom. The molecule has 1 aliphatic heterocycles. The largest absolute Gasteiger partial charge is 0.453 e. The van der Waals surface area contributed by atoms with Crippen LogP contribution in [0.25, 0.3) is 0 Å². The Hall–Kier alpha value is -2.18. The second-order valence-corrected chi connectivity index (χ2v) is 7.44. The zero-order valence-corrected chi connectivity index (χ0v) is 15.9. The quantitative estimate of drug-likeness (QED) is 0.873. The molecule has 0 saturated carbocycles. The Morgan fingerprint density at radius 2 is 1.96 bits per heavy atom. The summed E-state index contributed by atoms with van der Waals surface area (Å²) in [6, 6.07) is 10.1. The number of nitrogens with zero attached hydrogens (tertiary/aromatic N) is 2. The molecular formula is C21H27FN2O3.